The maximum absolute atomic E-state index is 12.1. The minimum absolute atomic E-state index is 0.0398. The molecule has 1 amide bonds. The lowest BCUT2D eigenvalue weighted by molar-refractivity contribution is -0.384. The van der Waals surface area contributed by atoms with Gasteiger partial charge in [0.25, 0.3) is 5.69 Å². The van der Waals surface area contributed by atoms with Gasteiger partial charge in [0.05, 0.1) is 16.9 Å². The van der Waals surface area contributed by atoms with E-state index in [-0.39, 0.29) is 23.6 Å². The molecule has 1 fully saturated rings. The van der Waals surface area contributed by atoms with Gasteiger partial charge in [0.15, 0.2) is 0 Å². The van der Waals surface area contributed by atoms with Crippen molar-refractivity contribution in [1.29, 1.82) is 0 Å². The van der Waals surface area contributed by atoms with Crippen molar-refractivity contribution in [3.05, 3.63) is 81.9 Å². The summed E-state index contributed by atoms with van der Waals surface area (Å²) in [5.74, 6) is -0.116. The first-order chi connectivity index (χ1) is 11.1. The molecule has 0 saturated carbocycles. The Hall–Kier alpha value is -2.95. The second-order valence-corrected chi connectivity index (χ2v) is 5.54. The fraction of sp³-hybridized carbons (Fsp3) is 0.167. The van der Waals surface area contributed by atoms with Crippen LogP contribution in [0.4, 0.5) is 5.69 Å². The van der Waals surface area contributed by atoms with Gasteiger partial charge in [0.2, 0.25) is 5.91 Å². The summed E-state index contributed by atoms with van der Waals surface area (Å²) in [5, 5.41) is 10.7. The highest BCUT2D eigenvalue weighted by atomic mass is 16.6. The Morgan fingerprint density at radius 2 is 1.74 bits per heavy atom. The van der Waals surface area contributed by atoms with Gasteiger partial charge in [-0.25, -0.2) is 0 Å². The number of amides is 1. The van der Waals surface area contributed by atoms with Crippen LogP contribution < -0.4 is 0 Å². The van der Waals surface area contributed by atoms with E-state index >= 15 is 0 Å². The van der Waals surface area contributed by atoms with Crippen molar-refractivity contribution in [2.75, 3.05) is 7.05 Å². The average Bonchev–Trinajstić information content (AvgIpc) is 2.58. The average molecular weight is 308 g/mol. The van der Waals surface area contributed by atoms with E-state index in [1.54, 1.807) is 24.1 Å². The summed E-state index contributed by atoms with van der Waals surface area (Å²) in [6.45, 7) is 0. The number of non-ortho nitro benzene ring substituents is 1. The molecule has 1 aliphatic rings. The normalized spacial score (nSPS) is 20.6. The third-order valence-electron chi connectivity index (χ3n) is 4.13. The van der Waals surface area contributed by atoms with Crippen LogP contribution in [0.2, 0.25) is 0 Å². The van der Waals surface area contributed by atoms with Crippen LogP contribution in [0.25, 0.3) is 6.08 Å². The molecule has 116 valence electrons. The van der Waals surface area contributed by atoms with E-state index in [1.807, 2.05) is 42.5 Å². The van der Waals surface area contributed by atoms with Crippen LogP contribution in [-0.4, -0.2) is 22.8 Å². The van der Waals surface area contributed by atoms with Crippen LogP contribution in [0.15, 0.2) is 60.7 Å². The number of carbonyl (C=O) groups is 1. The molecule has 1 saturated heterocycles. The summed E-state index contributed by atoms with van der Waals surface area (Å²) >= 11 is 0. The highest BCUT2D eigenvalue weighted by molar-refractivity contribution is 5.88. The number of β-lactam (4-membered cyclic amide) rings is 1. The molecule has 1 aliphatic heterocycles. The highest BCUT2D eigenvalue weighted by Crippen LogP contribution is 2.39. The second kappa shape index (κ2) is 6.04. The summed E-state index contributed by atoms with van der Waals surface area (Å²) in [5.41, 5.74) is 2.00. The number of nitro benzene ring substituents is 1. The molecule has 3 rings (SSSR count). The molecule has 23 heavy (non-hydrogen) atoms. The van der Waals surface area contributed by atoms with Crippen LogP contribution in [0.5, 0.6) is 0 Å². The first-order valence-corrected chi connectivity index (χ1v) is 7.32. The zero-order valence-electron chi connectivity index (χ0n) is 12.6. The van der Waals surface area contributed by atoms with Gasteiger partial charge >= 0.3 is 0 Å². The van der Waals surface area contributed by atoms with E-state index in [4.69, 9.17) is 0 Å². The lowest BCUT2D eigenvalue weighted by atomic mass is 9.82. The number of likely N-dealkylation sites (tertiary alicyclic amines) is 1. The van der Waals surface area contributed by atoms with Crippen molar-refractivity contribution < 1.29 is 9.72 Å². The monoisotopic (exact) mass is 308 g/mol. The maximum Gasteiger partial charge on any atom is 0.269 e. The van der Waals surface area contributed by atoms with E-state index in [0.29, 0.717) is 0 Å². The van der Waals surface area contributed by atoms with Crippen molar-refractivity contribution in [2.24, 2.45) is 5.92 Å². The topological polar surface area (TPSA) is 63.5 Å². The number of carbonyl (C=O) groups excluding carboxylic acids is 1. The van der Waals surface area contributed by atoms with Crippen molar-refractivity contribution >= 4 is 17.7 Å². The van der Waals surface area contributed by atoms with Crippen LogP contribution in [0.1, 0.15) is 17.2 Å². The van der Waals surface area contributed by atoms with Gasteiger partial charge in [-0.3, -0.25) is 14.9 Å². The number of benzene rings is 2. The fourth-order valence-electron chi connectivity index (χ4n) is 2.86. The quantitative estimate of drug-likeness (QED) is 0.494. The highest BCUT2D eigenvalue weighted by Gasteiger charge is 2.43. The molecule has 0 N–H and O–H groups in total. The molecule has 0 radical (unpaired) electrons. The molecule has 2 aromatic rings. The zero-order chi connectivity index (χ0) is 16.4. The van der Waals surface area contributed by atoms with Crippen LogP contribution in [0, 0.1) is 16.0 Å². The Balaban J connectivity index is 1.78. The van der Waals surface area contributed by atoms with Crippen molar-refractivity contribution in [1.82, 2.24) is 4.90 Å². The van der Waals surface area contributed by atoms with Gasteiger partial charge in [-0.1, -0.05) is 42.5 Å². The number of hydrogen-bond donors (Lipinski definition) is 0. The van der Waals surface area contributed by atoms with Crippen LogP contribution in [0.3, 0.4) is 0 Å². The van der Waals surface area contributed by atoms with E-state index < -0.39 is 4.92 Å². The van der Waals surface area contributed by atoms with Gasteiger partial charge in [-0.2, -0.15) is 0 Å². The van der Waals surface area contributed by atoms with Gasteiger partial charge in [-0.15, -0.1) is 0 Å². The summed E-state index contributed by atoms with van der Waals surface area (Å²) in [4.78, 5) is 24.1. The first kappa shape index (κ1) is 15.0. The standard InChI is InChI=1S/C18H16N2O3/c1-19-17(14-5-3-2-4-6-14)16(18(19)21)12-9-13-7-10-15(11-8-13)20(22)23/h2-12,16-17H,1H3/b12-9+/t16-,17-/m0/s1. The van der Waals surface area contributed by atoms with E-state index in [1.165, 1.54) is 12.1 Å². The molecular weight excluding hydrogens is 292 g/mol. The SMILES string of the molecule is CN1C(=O)[C@@H](/C=C/c2ccc([N+](=O)[O-])cc2)[C@@H]1c1ccccc1. The smallest absolute Gasteiger partial charge is 0.269 e. The van der Waals surface area contributed by atoms with Crippen molar-refractivity contribution in [2.45, 2.75) is 6.04 Å². The summed E-state index contributed by atoms with van der Waals surface area (Å²) in [6.07, 6.45) is 3.72. The Morgan fingerprint density at radius 1 is 1.09 bits per heavy atom. The van der Waals surface area contributed by atoms with Gasteiger partial charge < -0.3 is 4.90 Å². The summed E-state index contributed by atoms with van der Waals surface area (Å²) in [6, 6.07) is 16.2. The molecule has 1 heterocycles. The molecule has 0 unspecified atom stereocenters. The number of nitrogens with zero attached hydrogens (tertiary/aromatic N) is 2. The zero-order valence-corrected chi connectivity index (χ0v) is 12.6. The minimum Gasteiger partial charge on any atom is -0.337 e. The molecule has 5 heteroatoms. The van der Waals surface area contributed by atoms with Crippen LogP contribution in [-0.2, 0) is 4.79 Å². The lowest BCUT2D eigenvalue weighted by Crippen LogP contribution is -2.51. The number of nitro groups is 1. The third kappa shape index (κ3) is 2.85. The molecular formula is C18H16N2O3. The van der Waals surface area contributed by atoms with Crippen molar-refractivity contribution in [3.8, 4) is 0 Å². The van der Waals surface area contributed by atoms with Gasteiger partial charge in [0.1, 0.15) is 0 Å². The van der Waals surface area contributed by atoms with E-state index in [2.05, 4.69) is 0 Å². The second-order valence-electron chi connectivity index (χ2n) is 5.54. The summed E-state index contributed by atoms with van der Waals surface area (Å²) < 4.78 is 0. The molecule has 0 spiro atoms. The summed E-state index contributed by atoms with van der Waals surface area (Å²) in [7, 11) is 1.80. The molecule has 5 nitrogen and oxygen atoms in total. The van der Waals surface area contributed by atoms with E-state index in [9.17, 15) is 14.9 Å². The molecule has 0 bridgehead atoms. The molecule has 2 atom stereocenters. The number of hydrogen-bond acceptors (Lipinski definition) is 3. The maximum atomic E-state index is 12.1. The number of rotatable bonds is 4. The predicted molar refractivity (Wildman–Crippen MR) is 87.6 cm³/mol. The molecule has 2 aromatic carbocycles. The van der Waals surface area contributed by atoms with Gasteiger partial charge in [0, 0.05) is 19.2 Å². The lowest BCUT2D eigenvalue weighted by Gasteiger charge is -2.44. The minimum atomic E-state index is -0.427. The first-order valence-electron chi connectivity index (χ1n) is 7.32. The van der Waals surface area contributed by atoms with Crippen molar-refractivity contribution in [3.63, 3.8) is 0 Å². The fourth-order valence-corrected chi connectivity index (χ4v) is 2.86. The Labute approximate surface area is 134 Å². The molecule has 0 aromatic heterocycles. The van der Waals surface area contributed by atoms with Gasteiger partial charge in [-0.05, 0) is 23.3 Å². The third-order valence-corrected chi connectivity index (χ3v) is 4.13. The largest absolute Gasteiger partial charge is 0.337 e. The Bertz CT molecular complexity index is 754. The van der Waals surface area contributed by atoms with Crippen LogP contribution >= 0.6 is 0 Å². The van der Waals surface area contributed by atoms with E-state index in [0.717, 1.165) is 11.1 Å². The molecule has 0 aliphatic carbocycles. The predicted octanol–water partition coefficient (Wildman–Crippen LogP) is 3.44. The Kier molecular flexibility index (Phi) is 3.93. The Morgan fingerprint density at radius 3 is 2.35 bits per heavy atom.